The van der Waals surface area contributed by atoms with E-state index in [9.17, 15) is 14.4 Å². The summed E-state index contributed by atoms with van der Waals surface area (Å²) in [7, 11) is 1.23. The molecule has 16 heavy (non-hydrogen) atoms. The largest absolute Gasteiger partial charge is 0.481 e. The Hall–Kier alpha value is -1.59. The van der Waals surface area contributed by atoms with Gasteiger partial charge in [-0.3, -0.25) is 14.4 Å². The number of carboxylic acid groups (broad SMARTS) is 1. The molecule has 0 unspecified atom stereocenters. The first-order valence-corrected chi connectivity index (χ1v) is 4.50. The molecule has 0 saturated carbocycles. The van der Waals surface area contributed by atoms with Crippen molar-refractivity contribution in [3.8, 4) is 0 Å². The lowest BCUT2D eigenvalue weighted by Gasteiger charge is -1.92. The molecule has 0 aromatic carbocycles. The molecule has 6 nitrogen and oxygen atoms in total. The Kier molecular flexibility index (Phi) is 10.5. The lowest BCUT2D eigenvalue weighted by atomic mass is 10.3. The van der Waals surface area contributed by atoms with E-state index < -0.39 is 11.9 Å². The fraction of sp³-hybridized carbons (Fsp3) is 0.700. The van der Waals surface area contributed by atoms with Crippen LogP contribution in [-0.4, -0.2) is 36.7 Å². The van der Waals surface area contributed by atoms with Gasteiger partial charge >= 0.3 is 17.9 Å². The van der Waals surface area contributed by atoms with Gasteiger partial charge in [0.05, 0.1) is 26.6 Å². The van der Waals surface area contributed by atoms with Gasteiger partial charge in [0.15, 0.2) is 0 Å². The molecule has 1 heterocycles. The van der Waals surface area contributed by atoms with Gasteiger partial charge in [0.1, 0.15) is 0 Å². The molecule has 0 radical (unpaired) electrons. The zero-order valence-corrected chi connectivity index (χ0v) is 8.52. The van der Waals surface area contributed by atoms with Crippen LogP contribution < -0.4 is 0 Å². The van der Waals surface area contributed by atoms with E-state index >= 15 is 0 Å². The molecule has 94 valence electrons. The SMILES string of the molecule is C.COC(=O)CCC(=O)O.O=C1CCCO1. The quantitative estimate of drug-likeness (QED) is 0.732. The first-order valence-electron chi connectivity index (χ1n) is 4.50. The fourth-order valence-electron chi connectivity index (χ4n) is 0.786. The molecule has 0 amide bonds. The topological polar surface area (TPSA) is 89.9 Å². The second kappa shape index (κ2) is 9.95. The van der Waals surface area contributed by atoms with Crippen LogP contribution in [0.2, 0.25) is 0 Å². The van der Waals surface area contributed by atoms with E-state index in [1.54, 1.807) is 0 Å². The van der Waals surface area contributed by atoms with Crippen LogP contribution in [0, 0.1) is 0 Å². The van der Waals surface area contributed by atoms with Crippen molar-refractivity contribution in [1.29, 1.82) is 0 Å². The Labute approximate surface area is 94.5 Å². The number of aliphatic carboxylic acids is 1. The molecule has 1 saturated heterocycles. The molecule has 1 aliphatic rings. The minimum Gasteiger partial charge on any atom is -0.481 e. The normalized spacial score (nSPS) is 12.7. The van der Waals surface area contributed by atoms with Crippen LogP contribution in [0.15, 0.2) is 0 Å². The maximum absolute atomic E-state index is 10.2. The maximum Gasteiger partial charge on any atom is 0.306 e. The number of ether oxygens (including phenoxy) is 2. The number of carbonyl (C=O) groups excluding carboxylic acids is 2. The molecule has 1 rings (SSSR count). The highest BCUT2D eigenvalue weighted by Gasteiger charge is 2.08. The van der Waals surface area contributed by atoms with E-state index in [0.29, 0.717) is 13.0 Å². The zero-order chi connectivity index (χ0) is 11.7. The van der Waals surface area contributed by atoms with Gasteiger partial charge in [-0.1, -0.05) is 7.43 Å². The molecule has 1 N–H and O–H groups in total. The predicted molar refractivity (Wildman–Crippen MR) is 55.8 cm³/mol. The third-order valence-electron chi connectivity index (χ3n) is 1.56. The molecule has 1 fully saturated rings. The monoisotopic (exact) mass is 234 g/mol. The van der Waals surface area contributed by atoms with Crippen LogP contribution in [-0.2, 0) is 23.9 Å². The van der Waals surface area contributed by atoms with Crippen molar-refractivity contribution in [3.63, 3.8) is 0 Å². The van der Waals surface area contributed by atoms with Crippen LogP contribution >= 0.6 is 0 Å². The highest BCUT2D eigenvalue weighted by atomic mass is 16.5. The summed E-state index contributed by atoms with van der Waals surface area (Å²) < 4.78 is 8.71. The number of hydrogen-bond donors (Lipinski definition) is 1. The van der Waals surface area contributed by atoms with E-state index in [0.717, 1.165) is 6.42 Å². The van der Waals surface area contributed by atoms with Crippen LogP contribution in [0.3, 0.4) is 0 Å². The highest BCUT2D eigenvalue weighted by Crippen LogP contribution is 2.01. The summed E-state index contributed by atoms with van der Waals surface area (Å²) in [6.07, 6.45) is 1.33. The molecule has 0 aromatic rings. The third-order valence-corrected chi connectivity index (χ3v) is 1.56. The number of cyclic esters (lactones) is 1. The molecule has 0 spiro atoms. The van der Waals surface area contributed by atoms with Crippen LogP contribution in [0.5, 0.6) is 0 Å². The molecular weight excluding hydrogens is 216 g/mol. The summed E-state index contributed by atoms with van der Waals surface area (Å²) >= 11 is 0. The van der Waals surface area contributed by atoms with E-state index in [-0.39, 0.29) is 26.2 Å². The minimum absolute atomic E-state index is 0. The zero-order valence-electron chi connectivity index (χ0n) is 8.52. The highest BCUT2D eigenvalue weighted by molar-refractivity contribution is 5.76. The summed E-state index contributed by atoms with van der Waals surface area (Å²) in [5.41, 5.74) is 0. The van der Waals surface area contributed by atoms with Crippen molar-refractivity contribution in [2.24, 2.45) is 0 Å². The van der Waals surface area contributed by atoms with Crippen molar-refractivity contribution in [2.45, 2.75) is 33.1 Å². The van der Waals surface area contributed by atoms with E-state index in [1.165, 1.54) is 7.11 Å². The fourth-order valence-corrected chi connectivity index (χ4v) is 0.786. The van der Waals surface area contributed by atoms with Gasteiger partial charge in [-0.15, -0.1) is 0 Å². The molecule has 6 heteroatoms. The Morgan fingerprint density at radius 2 is 2.06 bits per heavy atom. The van der Waals surface area contributed by atoms with Crippen LogP contribution in [0.4, 0.5) is 0 Å². The molecule has 0 bridgehead atoms. The Balaban J connectivity index is 0. The van der Waals surface area contributed by atoms with Gasteiger partial charge in [0, 0.05) is 6.42 Å². The minimum atomic E-state index is -0.986. The smallest absolute Gasteiger partial charge is 0.306 e. The maximum atomic E-state index is 10.2. The molecular formula is C10H18O6. The second-order valence-electron chi connectivity index (χ2n) is 2.79. The van der Waals surface area contributed by atoms with Crippen LogP contribution in [0.25, 0.3) is 0 Å². The number of esters is 2. The van der Waals surface area contributed by atoms with E-state index in [1.807, 2.05) is 0 Å². The molecule has 0 aromatic heterocycles. The van der Waals surface area contributed by atoms with Gasteiger partial charge in [0.2, 0.25) is 0 Å². The van der Waals surface area contributed by atoms with E-state index in [2.05, 4.69) is 9.47 Å². The lowest BCUT2D eigenvalue weighted by Crippen LogP contribution is -2.04. The third kappa shape index (κ3) is 10.5. The van der Waals surface area contributed by atoms with Crippen molar-refractivity contribution >= 4 is 17.9 Å². The summed E-state index contributed by atoms with van der Waals surface area (Å²) in [6.45, 7) is 0.638. The van der Waals surface area contributed by atoms with Gasteiger partial charge in [-0.05, 0) is 6.42 Å². The molecule has 0 atom stereocenters. The standard InChI is InChI=1S/C5H8O4.C4H6O2.CH4/c1-9-5(8)3-2-4(6)7;5-4-2-1-3-6-4;/h2-3H2,1H3,(H,6,7);1-3H2;1H4. The van der Waals surface area contributed by atoms with Crippen molar-refractivity contribution in [3.05, 3.63) is 0 Å². The summed E-state index contributed by atoms with van der Waals surface area (Å²) in [6, 6.07) is 0. The van der Waals surface area contributed by atoms with Crippen molar-refractivity contribution in [1.82, 2.24) is 0 Å². The van der Waals surface area contributed by atoms with Gasteiger partial charge in [-0.25, -0.2) is 0 Å². The number of carbonyl (C=O) groups is 3. The average molecular weight is 234 g/mol. The van der Waals surface area contributed by atoms with Gasteiger partial charge < -0.3 is 14.6 Å². The van der Waals surface area contributed by atoms with Crippen LogP contribution in [0.1, 0.15) is 33.1 Å². The van der Waals surface area contributed by atoms with Crippen molar-refractivity contribution in [2.75, 3.05) is 13.7 Å². The predicted octanol–water partition coefficient (Wildman–Crippen LogP) is 0.984. The Bertz CT molecular complexity index is 227. The van der Waals surface area contributed by atoms with Gasteiger partial charge in [-0.2, -0.15) is 0 Å². The van der Waals surface area contributed by atoms with E-state index in [4.69, 9.17) is 5.11 Å². The Morgan fingerprint density at radius 3 is 2.31 bits per heavy atom. The average Bonchev–Trinajstić information content (AvgIpc) is 2.66. The summed E-state index contributed by atoms with van der Waals surface area (Å²) in [5.74, 6) is -1.52. The van der Waals surface area contributed by atoms with Crippen molar-refractivity contribution < 1.29 is 29.0 Å². The number of hydrogen-bond acceptors (Lipinski definition) is 5. The Morgan fingerprint density at radius 1 is 1.44 bits per heavy atom. The number of carboxylic acids is 1. The summed E-state index contributed by atoms with van der Waals surface area (Å²) in [5, 5.41) is 8.05. The van der Waals surface area contributed by atoms with Gasteiger partial charge in [0.25, 0.3) is 0 Å². The molecule has 1 aliphatic heterocycles. The summed E-state index contributed by atoms with van der Waals surface area (Å²) in [4.78, 5) is 30.1. The number of methoxy groups -OCH3 is 1. The first-order chi connectivity index (χ1) is 7.06. The lowest BCUT2D eigenvalue weighted by molar-refractivity contribution is -0.145. The second-order valence-corrected chi connectivity index (χ2v) is 2.79. The molecule has 0 aliphatic carbocycles. The number of rotatable bonds is 3. The first kappa shape index (κ1) is 16.8.